The number of pyridine rings is 1. The molecule has 31 heavy (non-hydrogen) atoms. The van der Waals surface area contributed by atoms with Crippen LogP contribution in [-0.2, 0) is 31.5 Å². The number of nitrogens with zero attached hydrogens (tertiary/aromatic N) is 5. The van der Waals surface area contributed by atoms with Crippen molar-refractivity contribution in [3.63, 3.8) is 0 Å². The van der Waals surface area contributed by atoms with Crippen molar-refractivity contribution in [1.82, 2.24) is 29.7 Å². The van der Waals surface area contributed by atoms with Gasteiger partial charge in [-0.2, -0.15) is 0 Å². The Kier molecular flexibility index (Phi) is 5.04. The lowest BCUT2D eigenvalue weighted by atomic mass is 9.85. The number of urea groups is 1. The van der Waals surface area contributed by atoms with Crippen molar-refractivity contribution in [1.29, 1.82) is 0 Å². The highest BCUT2D eigenvalue weighted by Crippen LogP contribution is 2.41. The molecule has 0 bridgehead atoms. The molecule has 0 saturated carbocycles. The van der Waals surface area contributed by atoms with Gasteiger partial charge >= 0.3 is 6.03 Å². The van der Waals surface area contributed by atoms with Crippen molar-refractivity contribution < 1.29 is 4.79 Å². The van der Waals surface area contributed by atoms with Crippen molar-refractivity contribution in [3.8, 4) is 0 Å². The van der Waals surface area contributed by atoms with E-state index >= 15 is 0 Å². The van der Waals surface area contributed by atoms with Crippen LogP contribution in [0.4, 0.5) is 4.79 Å². The van der Waals surface area contributed by atoms with Gasteiger partial charge in [-0.1, -0.05) is 6.07 Å². The van der Waals surface area contributed by atoms with Crippen molar-refractivity contribution >= 4 is 6.03 Å². The highest BCUT2D eigenvalue weighted by Gasteiger charge is 2.48. The fourth-order valence-corrected chi connectivity index (χ4v) is 5.28. The lowest BCUT2D eigenvalue weighted by Gasteiger charge is -2.29. The number of carbonyl (C=O) groups excluding carboxylic acids is 1. The molecule has 1 saturated heterocycles. The van der Waals surface area contributed by atoms with E-state index in [1.165, 1.54) is 0 Å². The molecule has 1 N–H and O–H groups in total. The highest BCUT2D eigenvalue weighted by molar-refractivity contribution is 5.75. The van der Waals surface area contributed by atoms with Crippen molar-refractivity contribution in [3.05, 3.63) is 57.5 Å². The third-order valence-corrected chi connectivity index (χ3v) is 6.87. The van der Waals surface area contributed by atoms with Gasteiger partial charge in [0.2, 0.25) is 0 Å². The summed E-state index contributed by atoms with van der Waals surface area (Å²) in [5.74, 6) is 0.900. The van der Waals surface area contributed by atoms with Gasteiger partial charge in [-0.05, 0) is 38.3 Å². The Labute approximate surface area is 182 Å². The van der Waals surface area contributed by atoms with E-state index in [1.54, 1.807) is 6.20 Å². The van der Waals surface area contributed by atoms with E-state index in [0.29, 0.717) is 26.2 Å². The molecule has 1 fully saturated rings. The summed E-state index contributed by atoms with van der Waals surface area (Å²) in [5, 5.41) is 2.99. The predicted octanol–water partition coefficient (Wildman–Crippen LogP) is 1.66. The Morgan fingerprint density at radius 2 is 2.10 bits per heavy atom. The SMILES string of the molecule is CC(C)NC(=O)N1CC[C@]2(CCn3c2nc2c(c3=O)CN(Cc3cccnc3)CC2)C1. The minimum Gasteiger partial charge on any atom is -0.336 e. The minimum absolute atomic E-state index is 0.0170. The Morgan fingerprint density at radius 3 is 2.87 bits per heavy atom. The number of likely N-dealkylation sites (tertiary alicyclic amines) is 1. The molecule has 1 atom stereocenters. The summed E-state index contributed by atoms with van der Waals surface area (Å²) in [6.45, 7) is 8.29. The summed E-state index contributed by atoms with van der Waals surface area (Å²) >= 11 is 0. The number of fused-ring (bicyclic) bond motifs is 3. The van der Waals surface area contributed by atoms with Gasteiger partial charge in [-0.3, -0.25) is 19.2 Å². The molecule has 2 amide bonds. The summed E-state index contributed by atoms with van der Waals surface area (Å²) in [7, 11) is 0. The standard InChI is InChI=1S/C23H30N6O2/c1-16(2)25-22(31)28-10-6-23(15-28)7-11-29-20(30)18-14-27(9-5-19(18)26-21(23)29)13-17-4-3-8-24-12-17/h3-4,8,12,16H,5-7,9-11,13-15H2,1-2H3,(H,25,31)/t23-/m0/s1. The smallest absolute Gasteiger partial charge is 0.317 e. The summed E-state index contributed by atoms with van der Waals surface area (Å²) in [6, 6.07) is 4.11. The van der Waals surface area contributed by atoms with Crippen LogP contribution in [0.3, 0.4) is 0 Å². The van der Waals surface area contributed by atoms with Gasteiger partial charge in [0.1, 0.15) is 5.82 Å². The first-order valence-corrected chi connectivity index (χ1v) is 11.2. The fraction of sp³-hybridized carbons (Fsp3) is 0.565. The van der Waals surface area contributed by atoms with Crippen LogP contribution in [-0.4, -0.2) is 56.0 Å². The number of hydrogen-bond acceptors (Lipinski definition) is 5. The number of hydrogen-bond donors (Lipinski definition) is 1. The summed E-state index contributed by atoms with van der Waals surface area (Å²) in [5.41, 5.74) is 2.87. The lowest BCUT2D eigenvalue weighted by Crippen LogP contribution is -2.43. The molecule has 0 unspecified atom stereocenters. The summed E-state index contributed by atoms with van der Waals surface area (Å²) < 4.78 is 1.89. The van der Waals surface area contributed by atoms with Gasteiger partial charge in [-0.25, -0.2) is 9.78 Å². The second-order valence-electron chi connectivity index (χ2n) is 9.45. The van der Waals surface area contributed by atoms with Gasteiger partial charge in [0, 0.05) is 69.5 Å². The van der Waals surface area contributed by atoms with Gasteiger partial charge in [0.05, 0.1) is 11.3 Å². The molecule has 5 rings (SSSR count). The molecule has 164 valence electrons. The van der Waals surface area contributed by atoms with E-state index in [-0.39, 0.29) is 23.0 Å². The Hall–Kier alpha value is -2.74. The topological polar surface area (TPSA) is 83.4 Å². The fourth-order valence-electron chi connectivity index (χ4n) is 5.28. The van der Waals surface area contributed by atoms with E-state index < -0.39 is 0 Å². The third-order valence-electron chi connectivity index (χ3n) is 6.87. The predicted molar refractivity (Wildman–Crippen MR) is 117 cm³/mol. The van der Waals surface area contributed by atoms with E-state index in [4.69, 9.17) is 4.98 Å². The van der Waals surface area contributed by atoms with E-state index in [1.807, 2.05) is 35.6 Å². The lowest BCUT2D eigenvalue weighted by molar-refractivity contribution is 0.202. The molecule has 8 heteroatoms. The average molecular weight is 423 g/mol. The molecule has 2 aromatic heterocycles. The van der Waals surface area contributed by atoms with E-state index in [2.05, 4.69) is 21.3 Å². The summed E-state index contributed by atoms with van der Waals surface area (Å²) in [6.07, 6.45) is 6.20. The van der Waals surface area contributed by atoms with Gasteiger partial charge in [0.25, 0.3) is 5.56 Å². The molecule has 1 spiro atoms. The van der Waals surface area contributed by atoms with Crippen molar-refractivity contribution in [2.45, 2.75) is 64.2 Å². The molecule has 8 nitrogen and oxygen atoms in total. The van der Waals surface area contributed by atoms with Crippen LogP contribution in [0.15, 0.2) is 29.3 Å². The van der Waals surface area contributed by atoms with Crippen LogP contribution in [0.1, 0.15) is 49.3 Å². The van der Waals surface area contributed by atoms with Gasteiger partial charge in [0.15, 0.2) is 0 Å². The third kappa shape index (κ3) is 3.63. The molecule has 2 aromatic rings. The van der Waals surface area contributed by atoms with Gasteiger partial charge < -0.3 is 10.2 Å². The quantitative estimate of drug-likeness (QED) is 0.814. The number of carbonyl (C=O) groups is 1. The van der Waals surface area contributed by atoms with Crippen LogP contribution in [0.25, 0.3) is 0 Å². The minimum atomic E-state index is -0.185. The monoisotopic (exact) mass is 422 g/mol. The normalized spacial score (nSPS) is 22.7. The first-order chi connectivity index (χ1) is 14.9. The van der Waals surface area contributed by atoms with Crippen LogP contribution in [0.2, 0.25) is 0 Å². The number of amides is 2. The van der Waals surface area contributed by atoms with Crippen molar-refractivity contribution in [2.75, 3.05) is 19.6 Å². The second-order valence-corrected chi connectivity index (χ2v) is 9.45. The Morgan fingerprint density at radius 1 is 1.26 bits per heavy atom. The Bertz CT molecular complexity index is 1050. The number of aromatic nitrogens is 3. The van der Waals surface area contributed by atoms with Crippen LogP contribution >= 0.6 is 0 Å². The van der Waals surface area contributed by atoms with Crippen LogP contribution in [0, 0.1) is 0 Å². The highest BCUT2D eigenvalue weighted by atomic mass is 16.2. The summed E-state index contributed by atoms with van der Waals surface area (Å²) in [4.78, 5) is 39.3. The number of rotatable bonds is 3. The first-order valence-electron chi connectivity index (χ1n) is 11.2. The largest absolute Gasteiger partial charge is 0.336 e. The first kappa shape index (κ1) is 20.2. The molecule has 3 aliphatic rings. The molecular weight excluding hydrogens is 392 g/mol. The molecule has 3 aliphatic heterocycles. The maximum Gasteiger partial charge on any atom is 0.317 e. The van der Waals surface area contributed by atoms with E-state index in [9.17, 15) is 9.59 Å². The molecule has 0 aromatic carbocycles. The van der Waals surface area contributed by atoms with Crippen LogP contribution in [0.5, 0.6) is 0 Å². The van der Waals surface area contributed by atoms with Crippen LogP contribution < -0.4 is 10.9 Å². The zero-order chi connectivity index (χ0) is 21.6. The maximum absolute atomic E-state index is 13.4. The number of nitrogens with one attached hydrogen (secondary N) is 1. The maximum atomic E-state index is 13.4. The molecule has 0 radical (unpaired) electrons. The molecule has 5 heterocycles. The molecule has 0 aliphatic carbocycles. The zero-order valence-electron chi connectivity index (χ0n) is 18.3. The van der Waals surface area contributed by atoms with E-state index in [0.717, 1.165) is 55.0 Å². The Balaban J connectivity index is 1.38. The van der Waals surface area contributed by atoms with Crippen molar-refractivity contribution in [2.24, 2.45) is 0 Å². The van der Waals surface area contributed by atoms with Gasteiger partial charge in [-0.15, -0.1) is 0 Å². The second kappa shape index (κ2) is 7.75. The molecular formula is C23H30N6O2. The zero-order valence-corrected chi connectivity index (χ0v) is 18.3. The average Bonchev–Trinajstić information content (AvgIpc) is 3.34.